The highest BCUT2D eigenvalue weighted by molar-refractivity contribution is 6.17. The van der Waals surface area contributed by atoms with Crippen LogP contribution in [-0.2, 0) is 0 Å². The van der Waals surface area contributed by atoms with E-state index in [1.807, 2.05) is 42.5 Å². The van der Waals surface area contributed by atoms with Crippen LogP contribution in [0.1, 0.15) is 11.1 Å². The van der Waals surface area contributed by atoms with E-state index >= 15 is 0 Å². The van der Waals surface area contributed by atoms with Crippen LogP contribution in [0.2, 0.25) is 0 Å². The van der Waals surface area contributed by atoms with Gasteiger partial charge in [0.15, 0.2) is 0 Å². The van der Waals surface area contributed by atoms with Crippen molar-refractivity contribution in [3.63, 3.8) is 0 Å². The maximum absolute atomic E-state index is 10.2. The van der Waals surface area contributed by atoms with Gasteiger partial charge in [-0.25, -0.2) is 0 Å². The minimum absolute atomic E-state index is 0.623. The number of rotatable bonds is 5. The fourth-order valence-corrected chi connectivity index (χ4v) is 8.36. The highest BCUT2D eigenvalue weighted by Crippen LogP contribution is 2.46. The molecule has 0 aliphatic heterocycles. The van der Waals surface area contributed by atoms with Gasteiger partial charge in [0.25, 0.3) is 0 Å². The third kappa shape index (κ3) is 4.68. The van der Waals surface area contributed by atoms with Crippen molar-refractivity contribution >= 4 is 43.6 Å². The van der Waals surface area contributed by atoms with Crippen LogP contribution in [0.4, 0.5) is 0 Å². The molecule has 0 saturated carbocycles. The first kappa shape index (κ1) is 31.1. The number of hydrogen-bond acceptors (Lipinski definition) is 2. The zero-order chi connectivity index (χ0) is 36.2. The molecule has 0 atom stereocenters. The van der Waals surface area contributed by atoms with Crippen LogP contribution in [-0.4, -0.2) is 9.13 Å². The Morgan fingerprint density at radius 2 is 0.852 bits per heavy atom. The van der Waals surface area contributed by atoms with Crippen molar-refractivity contribution < 1.29 is 0 Å². The molecule has 0 aliphatic rings. The molecule has 4 nitrogen and oxygen atoms in total. The van der Waals surface area contributed by atoms with Crippen LogP contribution < -0.4 is 0 Å². The highest BCUT2D eigenvalue weighted by Gasteiger charge is 2.22. The van der Waals surface area contributed by atoms with E-state index in [4.69, 9.17) is 0 Å². The second-order valence-electron chi connectivity index (χ2n) is 13.5. The van der Waals surface area contributed by atoms with Crippen LogP contribution in [0.5, 0.6) is 0 Å². The third-order valence-corrected chi connectivity index (χ3v) is 10.6. The number of nitriles is 2. The molecule has 0 unspecified atom stereocenters. The van der Waals surface area contributed by atoms with E-state index in [0.717, 1.165) is 88.4 Å². The summed E-state index contributed by atoms with van der Waals surface area (Å²) in [5.41, 5.74) is 14.1. The van der Waals surface area contributed by atoms with Gasteiger partial charge < -0.3 is 9.13 Å². The lowest BCUT2D eigenvalue weighted by Gasteiger charge is -2.18. The molecule has 0 N–H and O–H groups in total. The summed E-state index contributed by atoms with van der Waals surface area (Å²) in [4.78, 5) is 0. The molecule has 8 aromatic carbocycles. The maximum Gasteiger partial charge on any atom is 0.101 e. The van der Waals surface area contributed by atoms with Crippen molar-refractivity contribution in [2.45, 2.75) is 0 Å². The van der Waals surface area contributed by atoms with E-state index in [9.17, 15) is 10.5 Å². The summed E-state index contributed by atoms with van der Waals surface area (Å²) in [5.74, 6) is 0. The average Bonchev–Trinajstić information content (AvgIpc) is 3.77. The van der Waals surface area contributed by atoms with Crippen LogP contribution in [0.3, 0.4) is 0 Å². The van der Waals surface area contributed by atoms with Gasteiger partial charge in [0.2, 0.25) is 0 Å². The number of aromatic nitrogens is 2. The lowest BCUT2D eigenvalue weighted by molar-refractivity contribution is 1.17. The molecule has 54 heavy (non-hydrogen) atoms. The Labute approximate surface area is 312 Å². The molecule has 0 radical (unpaired) electrons. The van der Waals surface area contributed by atoms with Crippen molar-refractivity contribution in [3.05, 3.63) is 193 Å². The summed E-state index contributed by atoms with van der Waals surface area (Å²) >= 11 is 0. The van der Waals surface area contributed by atoms with Gasteiger partial charge in [0, 0.05) is 38.4 Å². The number of fused-ring (bicyclic) bond motifs is 6. The van der Waals surface area contributed by atoms with E-state index in [-0.39, 0.29) is 0 Å². The zero-order valence-electron chi connectivity index (χ0n) is 29.1. The van der Waals surface area contributed by atoms with E-state index in [1.54, 1.807) is 0 Å². The maximum atomic E-state index is 10.2. The number of nitrogens with zero attached hydrogens (tertiary/aromatic N) is 4. The fourth-order valence-electron chi connectivity index (χ4n) is 8.36. The van der Waals surface area contributed by atoms with Crippen LogP contribution in [0.25, 0.3) is 88.4 Å². The molecule has 0 bridgehead atoms. The van der Waals surface area contributed by atoms with Gasteiger partial charge in [-0.15, -0.1) is 0 Å². The zero-order valence-corrected chi connectivity index (χ0v) is 29.1. The molecule has 0 amide bonds. The van der Waals surface area contributed by atoms with Gasteiger partial charge in [0.05, 0.1) is 45.0 Å². The summed E-state index contributed by atoms with van der Waals surface area (Å²) in [7, 11) is 0. The van der Waals surface area contributed by atoms with Gasteiger partial charge in [-0.3, -0.25) is 0 Å². The Bertz CT molecular complexity index is 3190. The van der Waals surface area contributed by atoms with Crippen molar-refractivity contribution in [1.82, 2.24) is 9.13 Å². The van der Waals surface area contributed by atoms with Gasteiger partial charge in [0.1, 0.15) is 6.07 Å². The minimum atomic E-state index is 0.623. The van der Waals surface area contributed by atoms with Crippen LogP contribution in [0, 0.1) is 22.7 Å². The Kier molecular flexibility index (Phi) is 7.22. The highest BCUT2D eigenvalue weighted by atomic mass is 15.0. The first-order valence-corrected chi connectivity index (χ1v) is 18.0. The molecular formula is C50H30N4. The molecule has 2 aromatic heterocycles. The average molecular weight is 687 g/mol. The second kappa shape index (κ2) is 12.5. The Hall–Kier alpha value is -7.66. The smallest absolute Gasteiger partial charge is 0.101 e. The first-order chi connectivity index (χ1) is 26.7. The van der Waals surface area contributed by atoms with E-state index in [1.165, 1.54) is 0 Å². The Morgan fingerprint density at radius 1 is 0.352 bits per heavy atom. The normalized spacial score (nSPS) is 11.3. The summed E-state index contributed by atoms with van der Waals surface area (Å²) in [6.07, 6.45) is 0. The van der Waals surface area contributed by atoms with E-state index in [2.05, 4.69) is 161 Å². The number of benzene rings is 8. The minimum Gasteiger partial charge on any atom is -0.309 e. The summed E-state index contributed by atoms with van der Waals surface area (Å²) < 4.78 is 4.59. The molecule has 10 rings (SSSR count). The molecule has 4 heteroatoms. The standard InChI is InChI=1S/C50H30N4/c51-31-33-28-29-48-45(30-33)44-25-13-22-41(49(44)53(48)35-15-2-1-3-16-35)38-19-7-5-17-36(38)37-18-6-8-20-39(37)42-23-12-24-43-40-21-9-11-27-47(40)54(50(42)43)46-26-10-4-14-34(46)32-52/h1-30H. The van der Waals surface area contributed by atoms with Crippen LogP contribution >= 0.6 is 0 Å². The van der Waals surface area contributed by atoms with E-state index < -0.39 is 0 Å². The van der Waals surface area contributed by atoms with E-state index in [0.29, 0.717) is 11.1 Å². The SMILES string of the molecule is N#Cc1ccc2c(c1)c1cccc(-c3ccccc3-c3ccccc3-c3cccc4c5ccccc5n(-c5ccccc5C#N)c34)c1n2-c1ccccc1. The van der Waals surface area contributed by atoms with Crippen LogP contribution in [0.15, 0.2) is 182 Å². The molecule has 0 aliphatic carbocycles. The molecule has 0 fully saturated rings. The molecule has 0 spiro atoms. The Balaban J connectivity index is 1.27. The summed E-state index contributed by atoms with van der Waals surface area (Å²) in [6.45, 7) is 0. The lowest BCUT2D eigenvalue weighted by atomic mass is 9.88. The molecule has 10 aromatic rings. The van der Waals surface area contributed by atoms with Gasteiger partial charge in [-0.05, 0) is 70.8 Å². The number of para-hydroxylation sites is 5. The predicted octanol–water partition coefficient (Wildman–Crippen LogP) is 12.6. The van der Waals surface area contributed by atoms with Gasteiger partial charge >= 0.3 is 0 Å². The second-order valence-corrected chi connectivity index (χ2v) is 13.5. The Morgan fingerprint density at radius 3 is 1.52 bits per heavy atom. The molecule has 2 heterocycles. The predicted molar refractivity (Wildman–Crippen MR) is 221 cm³/mol. The first-order valence-electron chi connectivity index (χ1n) is 18.0. The van der Waals surface area contributed by atoms with Crippen molar-refractivity contribution in [3.8, 4) is 56.9 Å². The largest absolute Gasteiger partial charge is 0.309 e. The summed E-state index contributed by atoms with van der Waals surface area (Å²) in [5, 5.41) is 24.5. The van der Waals surface area contributed by atoms with Crippen molar-refractivity contribution in [2.75, 3.05) is 0 Å². The summed E-state index contributed by atoms with van der Waals surface area (Å²) in [6, 6.07) is 67.8. The van der Waals surface area contributed by atoms with Crippen molar-refractivity contribution in [2.24, 2.45) is 0 Å². The lowest BCUT2D eigenvalue weighted by Crippen LogP contribution is -1.99. The monoisotopic (exact) mass is 686 g/mol. The van der Waals surface area contributed by atoms with Gasteiger partial charge in [-0.1, -0.05) is 133 Å². The topological polar surface area (TPSA) is 57.4 Å². The third-order valence-electron chi connectivity index (χ3n) is 10.6. The molecular weight excluding hydrogens is 657 g/mol. The van der Waals surface area contributed by atoms with Crippen molar-refractivity contribution in [1.29, 1.82) is 10.5 Å². The van der Waals surface area contributed by atoms with Gasteiger partial charge in [-0.2, -0.15) is 10.5 Å². The molecule has 250 valence electrons. The quantitative estimate of drug-likeness (QED) is 0.181. The number of hydrogen-bond donors (Lipinski definition) is 0. The fraction of sp³-hybridized carbons (Fsp3) is 0. The molecule has 0 saturated heterocycles.